The molecule has 0 bridgehead atoms. The molecule has 1 atom stereocenters. The summed E-state index contributed by atoms with van der Waals surface area (Å²) < 4.78 is 4.64. The molecule has 0 aliphatic heterocycles. The topological polar surface area (TPSA) is 67.4 Å². The summed E-state index contributed by atoms with van der Waals surface area (Å²) in [5, 5.41) is 6.26. The summed E-state index contributed by atoms with van der Waals surface area (Å²) in [6.45, 7) is 2.24. The van der Waals surface area contributed by atoms with Gasteiger partial charge >= 0.3 is 12.0 Å². The van der Waals surface area contributed by atoms with Crippen LogP contribution in [0.4, 0.5) is 4.79 Å². The summed E-state index contributed by atoms with van der Waals surface area (Å²) in [5.74, 6) is -0.386. The molecule has 0 aromatic heterocycles. The number of halogens is 1. The highest BCUT2D eigenvalue weighted by Gasteiger charge is 2.10. The molecule has 6 heteroatoms. The molecule has 0 heterocycles. The largest absolute Gasteiger partial charge is 0.465 e. The lowest BCUT2D eigenvalue weighted by molar-refractivity contribution is 0.0600. The average Bonchev–Trinajstić information content (AvgIpc) is 2.59. The molecule has 2 amide bonds. The Balaban J connectivity index is 1.85. The molecule has 2 aromatic rings. The Morgan fingerprint density at radius 3 is 2.50 bits per heavy atom. The third-order valence-electron chi connectivity index (χ3n) is 3.52. The van der Waals surface area contributed by atoms with Crippen LogP contribution in [-0.4, -0.2) is 19.1 Å². The number of carbonyl (C=O) groups excluding carboxylic acids is 2. The summed E-state index contributed by atoms with van der Waals surface area (Å²) in [6, 6.07) is 13.8. The standard InChI is InChI=1S/C18H19ClN2O3/c1-12(15-4-3-5-16(19)10-15)21-18(23)20-11-13-6-8-14(9-7-13)17(22)24-2/h3-10,12H,11H2,1-2H3,(H2,20,21,23). The quantitative estimate of drug-likeness (QED) is 0.811. The van der Waals surface area contributed by atoms with Crippen LogP contribution in [0.5, 0.6) is 0 Å². The van der Waals surface area contributed by atoms with E-state index < -0.39 is 0 Å². The summed E-state index contributed by atoms with van der Waals surface area (Å²) in [7, 11) is 1.34. The molecule has 2 rings (SSSR count). The molecule has 0 aliphatic rings. The van der Waals surface area contributed by atoms with Crippen LogP contribution in [0.25, 0.3) is 0 Å². The van der Waals surface area contributed by atoms with Gasteiger partial charge in [0.2, 0.25) is 0 Å². The van der Waals surface area contributed by atoms with Crippen molar-refractivity contribution in [2.24, 2.45) is 0 Å². The molecule has 2 N–H and O–H groups in total. The van der Waals surface area contributed by atoms with Crippen molar-refractivity contribution in [1.29, 1.82) is 0 Å². The Kier molecular flexibility index (Phi) is 6.21. The predicted molar refractivity (Wildman–Crippen MR) is 93.0 cm³/mol. The molecule has 0 fully saturated rings. The minimum absolute atomic E-state index is 0.162. The molecule has 0 spiro atoms. The van der Waals surface area contributed by atoms with Crippen molar-refractivity contribution in [3.8, 4) is 0 Å². The molecule has 1 unspecified atom stereocenters. The van der Waals surface area contributed by atoms with Crippen molar-refractivity contribution in [2.75, 3.05) is 7.11 Å². The van der Waals surface area contributed by atoms with Gasteiger partial charge in [0.15, 0.2) is 0 Å². The number of carbonyl (C=O) groups is 2. The highest BCUT2D eigenvalue weighted by molar-refractivity contribution is 6.30. The van der Waals surface area contributed by atoms with Gasteiger partial charge in [-0.15, -0.1) is 0 Å². The number of ether oxygens (including phenoxy) is 1. The van der Waals surface area contributed by atoms with Crippen molar-refractivity contribution < 1.29 is 14.3 Å². The Morgan fingerprint density at radius 1 is 1.17 bits per heavy atom. The predicted octanol–water partition coefficient (Wildman–Crippen LogP) is 3.69. The number of nitrogens with one attached hydrogen (secondary N) is 2. The van der Waals surface area contributed by atoms with E-state index in [2.05, 4.69) is 15.4 Å². The lowest BCUT2D eigenvalue weighted by atomic mass is 10.1. The van der Waals surface area contributed by atoms with Crippen molar-refractivity contribution in [1.82, 2.24) is 10.6 Å². The number of urea groups is 1. The van der Waals surface area contributed by atoms with Gasteiger partial charge in [0.1, 0.15) is 0 Å². The summed E-state index contributed by atoms with van der Waals surface area (Å²) >= 11 is 5.95. The Morgan fingerprint density at radius 2 is 1.88 bits per heavy atom. The Hall–Kier alpha value is -2.53. The van der Waals surface area contributed by atoms with E-state index in [9.17, 15) is 9.59 Å². The number of benzene rings is 2. The van der Waals surface area contributed by atoms with Crippen molar-refractivity contribution in [3.05, 3.63) is 70.2 Å². The van der Waals surface area contributed by atoms with Gasteiger partial charge in [-0.1, -0.05) is 35.9 Å². The van der Waals surface area contributed by atoms with Gasteiger partial charge in [-0.3, -0.25) is 0 Å². The second kappa shape index (κ2) is 8.36. The lowest BCUT2D eigenvalue weighted by Gasteiger charge is -2.15. The normalized spacial score (nSPS) is 11.5. The maximum Gasteiger partial charge on any atom is 0.337 e. The monoisotopic (exact) mass is 346 g/mol. The van der Waals surface area contributed by atoms with Gasteiger partial charge in [-0.25, -0.2) is 9.59 Å². The van der Waals surface area contributed by atoms with Gasteiger partial charge in [-0.05, 0) is 42.3 Å². The SMILES string of the molecule is COC(=O)c1ccc(CNC(=O)NC(C)c2cccc(Cl)c2)cc1. The van der Waals surface area contributed by atoms with Crippen LogP contribution in [0.15, 0.2) is 48.5 Å². The van der Waals surface area contributed by atoms with Gasteiger partial charge < -0.3 is 15.4 Å². The number of rotatable bonds is 5. The van der Waals surface area contributed by atoms with E-state index in [4.69, 9.17) is 11.6 Å². The van der Waals surface area contributed by atoms with Crippen LogP contribution in [0.3, 0.4) is 0 Å². The van der Waals surface area contributed by atoms with Crippen LogP contribution in [0, 0.1) is 0 Å². The number of hydrogen-bond acceptors (Lipinski definition) is 3. The van der Waals surface area contributed by atoms with Gasteiger partial charge in [-0.2, -0.15) is 0 Å². The summed E-state index contributed by atoms with van der Waals surface area (Å²) in [5.41, 5.74) is 2.29. The highest BCUT2D eigenvalue weighted by atomic mass is 35.5. The molecular weight excluding hydrogens is 328 g/mol. The minimum atomic E-state index is -0.386. The van der Waals surface area contributed by atoms with E-state index in [0.717, 1.165) is 11.1 Å². The fraction of sp³-hybridized carbons (Fsp3) is 0.222. The van der Waals surface area contributed by atoms with E-state index in [0.29, 0.717) is 17.1 Å². The van der Waals surface area contributed by atoms with Crippen LogP contribution in [0.2, 0.25) is 5.02 Å². The first-order valence-corrected chi connectivity index (χ1v) is 7.84. The number of amides is 2. The fourth-order valence-electron chi connectivity index (χ4n) is 2.17. The first kappa shape index (κ1) is 17.8. The Labute approximate surface area is 146 Å². The molecule has 126 valence electrons. The third kappa shape index (κ3) is 4.99. The van der Waals surface area contributed by atoms with E-state index >= 15 is 0 Å². The first-order valence-electron chi connectivity index (χ1n) is 7.46. The maximum absolute atomic E-state index is 12.0. The zero-order valence-electron chi connectivity index (χ0n) is 13.5. The van der Waals surface area contributed by atoms with E-state index in [1.54, 1.807) is 30.3 Å². The second-order valence-electron chi connectivity index (χ2n) is 5.29. The molecule has 0 saturated heterocycles. The zero-order chi connectivity index (χ0) is 17.5. The summed E-state index contributed by atoms with van der Waals surface area (Å²) in [4.78, 5) is 23.3. The van der Waals surface area contributed by atoms with E-state index in [-0.39, 0.29) is 18.0 Å². The third-order valence-corrected chi connectivity index (χ3v) is 3.76. The number of hydrogen-bond donors (Lipinski definition) is 2. The first-order chi connectivity index (χ1) is 11.5. The van der Waals surface area contributed by atoms with Gasteiger partial charge in [0, 0.05) is 11.6 Å². The molecular formula is C18H19ClN2O3. The molecule has 0 aliphatic carbocycles. The van der Waals surface area contributed by atoms with Crippen LogP contribution in [-0.2, 0) is 11.3 Å². The fourth-order valence-corrected chi connectivity index (χ4v) is 2.36. The van der Waals surface area contributed by atoms with Crippen LogP contribution in [0.1, 0.15) is 34.5 Å². The van der Waals surface area contributed by atoms with E-state index in [1.165, 1.54) is 7.11 Å². The molecule has 5 nitrogen and oxygen atoms in total. The maximum atomic E-state index is 12.0. The van der Waals surface area contributed by atoms with Crippen LogP contribution >= 0.6 is 11.6 Å². The smallest absolute Gasteiger partial charge is 0.337 e. The molecule has 0 radical (unpaired) electrons. The molecule has 2 aromatic carbocycles. The van der Waals surface area contributed by atoms with Crippen LogP contribution < -0.4 is 10.6 Å². The number of esters is 1. The Bertz CT molecular complexity index is 716. The van der Waals surface area contributed by atoms with Gasteiger partial charge in [0.25, 0.3) is 0 Å². The van der Waals surface area contributed by atoms with Crippen molar-refractivity contribution in [2.45, 2.75) is 19.5 Å². The van der Waals surface area contributed by atoms with Crippen molar-refractivity contribution >= 4 is 23.6 Å². The lowest BCUT2D eigenvalue weighted by Crippen LogP contribution is -2.36. The average molecular weight is 347 g/mol. The van der Waals surface area contributed by atoms with Crippen molar-refractivity contribution in [3.63, 3.8) is 0 Å². The molecule has 24 heavy (non-hydrogen) atoms. The highest BCUT2D eigenvalue weighted by Crippen LogP contribution is 2.17. The van der Waals surface area contributed by atoms with Gasteiger partial charge in [0.05, 0.1) is 18.7 Å². The second-order valence-corrected chi connectivity index (χ2v) is 5.73. The minimum Gasteiger partial charge on any atom is -0.465 e. The van der Waals surface area contributed by atoms with E-state index in [1.807, 2.05) is 25.1 Å². The zero-order valence-corrected chi connectivity index (χ0v) is 14.3. The number of methoxy groups -OCH3 is 1. The molecule has 0 saturated carbocycles. The summed E-state index contributed by atoms with van der Waals surface area (Å²) in [6.07, 6.45) is 0.